The third-order valence-electron chi connectivity index (χ3n) is 6.27. The number of rotatable bonds is 4. The zero-order valence-electron chi connectivity index (χ0n) is 19.2. The van der Waals surface area contributed by atoms with Gasteiger partial charge in [-0.3, -0.25) is 0 Å². The zero-order chi connectivity index (χ0) is 24.4. The van der Waals surface area contributed by atoms with Crippen LogP contribution in [0.5, 0.6) is 0 Å². The number of hydrogen-bond acceptors (Lipinski definition) is 4. The number of halogens is 1. The Bertz CT molecular complexity index is 1380. The van der Waals surface area contributed by atoms with E-state index in [2.05, 4.69) is 22.6 Å². The summed E-state index contributed by atoms with van der Waals surface area (Å²) in [6, 6.07) is 25.6. The molecular weight excluding hydrogens is 500 g/mol. The lowest BCUT2D eigenvalue weighted by atomic mass is 9.91. The monoisotopic (exact) mass is 524 g/mol. The van der Waals surface area contributed by atoms with Gasteiger partial charge in [0, 0.05) is 24.0 Å². The first-order valence-corrected chi connectivity index (χ1v) is 14.3. The molecule has 0 aliphatic carbocycles. The average Bonchev–Trinajstić information content (AvgIpc) is 3.33. The highest BCUT2D eigenvalue weighted by Gasteiger charge is 2.33. The highest BCUT2D eigenvalue weighted by atomic mass is 35.5. The standard InChI is InChI=1S/C26H25ClN4O2S2/c1-34-26(29-35(32,33)30-16-15-19-7-5-6-10-22(19)17-30)31-18-24(20-8-3-2-4-9-20)25(28-31)21-11-13-23(27)14-12-21/h2-14,24H,15-18H2,1H3. The molecule has 0 saturated carbocycles. The predicted molar refractivity (Wildman–Crippen MR) is 144 cm³/mol. The molecule has 35 heavy (non-hydrogen) atoms. The fourth-order valence-corrected chi connectivity index (χ4v) is 6.53. The molecule has 0 spiro atoms. The molecule has 0 saturated heterocycles. The normalized spacial score (nSPS) is 18.9. The van der Waals surface area contributed by atoms with Crippen molar-refractivity contribution in [3.05, 3.63) is 106 Å². The van der Waals surface area contributed by atoms with Crippen molar-refractivity contribution in [2.75, 3.05) is 19.3 Å². The summed E-state index contributed by atoms with van der Waals surface area (Å²) in [5, 5.41) is 7.57. The molecule has 2 aliphatic rings. The number of nitrogens with zero attached hydrogens (tertiary/aromatic N) is 4. The number of hydrazone groups is 1. The molecule has 0 N–H and O–H groups in total. The van der Waals surface area contributed by atoms with E-state index < -0.39 is 10.2 Å². The maximum atomic E-state index is 13.3. The van der Waals surface area contributed by atoms with Crippen molar-refractivity contribution in [1.29, 1.82) is 0 Å². The Balaban J connectivity index is 1.46. The number of benzene rings is 3. The molecule has 0 aromatic heterocycles. The molecule has 2 heterocycles. The minimum Gasteiger partial charge on any atom is -0.240 e. The van der Waals surface area contributed by atoms with Gasteiger partial charge in [0.05, 0.1) is 12.3 Å². The topological polar surface area (TPSA) is 65.3 Å². The van der Waals surface area contributed by atoms with Gasteiger partial charge in [-0.25, -0.2) is 5.01 Å². The van der Waals surface area contributed by atoms with E-state index in [1.54, 1.807) is 5.01 Å². The van der Waals surface area contributed by atoms with Gasteiger partial charge < -0.3 is 0 Å². The van der Waals surface area contributed by atoms with Crippen molar-refractivity contribution in [2.45, 2.75) is 18.9 Å². The summed E-state index contributed by atoms with van der Waals surface area (Å²) < 4.78 is 32.3. The maximum Gasteiger partial charge on any atom is 0.325 e. The fraction of sp³-hybridized carbons (Fsp3) is 0.231. The summed E-state index contributed by atoms with van der Waals surface area (Å²) in [5.41, 5.74) is 5.13. The van der Waals surface area contributed by atoms with E-state index in [9.17, 15) is 8.42 Å². The molecule has 180 valence electrons. The molecule has 6 nitrogen and oxygen atoms in total. The van der Waals surface area contributed by atoms with Crippen LogP contribution in [0, 0.1) is 0 Å². The van der Waals surface area contributed by atoms with Gasteiger partial charge in [0.1, 0.15) is 0 Å². The molecule has 1 atom stereocenters. The molecule has 0 fully saturated rings. The van der Waals surface area contributed by atoms with Crippen molar-refractivity contribution < 1.29 is 8.42 Å². The Morgan fingerprint density at radius 3 is 2.40 bits per heavy atom. The average molecular weight is 525 g/mol. The summed E-state index contributed by atoms with van der Waals surface area (Å²) in [6.07, 6.45) is 2.51. The molecule has 3 aromatic rings. The third-order valence-corrected chi connectivity index (χ3v) is 8.68. The molecule has 0 amide bonds. The van der Waals surface area contributed by atoms with Crippen LogP contribution in [0.15, 0.2) is 88.4 Å². The van der Waals surface area contributed by atoms with E-state index in [-0.39, 0.29) is 5.92 Å². The Hall–Kier alpha value is -2.65. The molecule has 0 bridgehead atoms. The van der Waals surface area contributed by atoms with Gasteiger partial charge in [0.25, 0.3) is 0 Å². The highest BCUT2D eigenvalue weighted by molar-refractivity contribution is 8.13. The first-order chi connectivity index (χ1) is 16.9. The highest BCUT2D eigenvalue weighted by Crippen LogP contribution is 2.31. The quantitative estimate of drug-likeness (QED) is 0.349. The van der Waals surface area contributed by atoms with Crippen LogP contribution >= 0.6 is 23.4 Å². The van der Waals surface area contributed by atoms with E-state index in [1.165, 1.54) is 21.6 Å². The van der Waals surface area contributed by atoms with Crippen LogP contribution < -0.4 is 0 Å². The number of hydrogen-bond donors (Lipinski definition) is 0. The Kier molecular flexibility index (Phi) is 6.98. The van der Waals surface area contributed by atoms with Crippen LogP contribution in [0.3, 0.4) is 0 Å². The van der Waals surface area contributed by atoms with E-state index in [4.69, 9.17) is 16.7 Å². The number of fused-ring (bicyclic) bond motifs is 1. The lowest BCUT2D eigenvalue weighted by Gasteiger charge is -2.26. The third kappa shape index (κ3) is 5.16. The summed E-state index contributed by atoms with van der Waals surface area (Å²) in [7, 11) is -3.87. The van der Waals surface area contributed by atoms with Gasteiger partial charge in [-0.15, -0.1) is 4.40 Å². The smallest absolute Gasteiger partial charge is 0.240 e. The Labute approximate surface area is 215 Å². The molecular formula is C26H25ClN4O2S2. The molecule has 0 radical (unpaired) electrons. The molecule has 3 aromatic carbocycles. The molecule has 9 heteroatoms. The Morgan fingerprint density at radius 1 is 1.00 bits per heavy atom. The van der Waals surface area contributed by atoms with Gasteiger partial charge in [0.2, 0.25) is 0 Å². The SMILES string of the molecule is CSC(=NS(=O)(=O)N1CCc2ccccc2C1)N1CC(c2ccccc2)C(c2ccc(Cl)cc2)=N1. The van der Waals surface area contributed by atoms with Crippen molar-refractivity contribution in [3.63, 3.8) is 0 Å². The van der Waals surface area contributed by atoms with Crippen molar-refractivity contribution >= 4 is 44.5 Å². The van der Waals surface area contributed by atoms with Crippen LogP contribution in [0.4, 0.5) is 0 Å². The zero-order valence-corrected chi connectivity index (χ0v) is 21.6. The number of amidine groups is 1. The predicted octanol–water partition coefficient (Wildman–Crippen LogP) is 5.17. The lowest BCUT2D eigenvalue weighted by molar-refractivity contribution is 0.391. The second kappa shape index (κ2) is 10.1. The second-order valence-electron chi connectivity index (χ2n) is 8.45. The van der Waals surface area contributed by atoms with E-state index >= 15 is 0 Å². The first-order valence-electron chi connectivity index (χ1n) is 11.3. The summed E-state index contributed by atoms with van der Waals surface area (Å²) >= 11 is 7.39. The minimum absolute atomic E-state index is 0.0284. The largest absolute Gasteiger partial charge is 0.325 e. The van der Waals surface area contributed by atoms with Gasteiger partial charge in [-0.1, -0.05) is 90.1 Å². The molecule has 5 rings (SSSR count). The fourth-order valence-electron chi connectivity index (χ4n) is 4.46. The lowest BCUT2D eigenvalue weighted by Crippen LogP contribution is -2.36. The summed E-state index contributed by atoms with van der Waals surface area (Å²) in [6.45, 7) is 1.24. The van der Waals surface area contributed by atoms with E-state index in [0.717, 1.165) is 22.4 Å². The van der Waals surface area contributed by atoms with Crippen LogP contribution in [0.2, 0.25) is 5.02 Å². The van der Waals surface area contributed by atoms with Gasteiger partial charge in [-0.2, -0.15) is 17.8 Å². The first kappa shape index (κ1) is 24.1. The van der Waals surface area contributed by atoms with Crippen molar-refractivity contribution in [1.82, 2.24) is 9.31 Å². The summed E-state index contributed by atoms with van der Waals surface area (Å²) in [5.74, 6) is -0.0284. The van der Waals surface area contributed by atoms with Gasteiger partial charge in [-0.05, 0) is 47.1 Å². The van der Waals surface area contributed by atoms with E-state index in [1.807, 2.05) is 66.9 Å². The van der Waals surface area contributed by atoms with Crippen LogP contribution in [0.25, 0.3) is 0 Å². The van der Waals surface area contributed by atoms with Gasteiger partial charge >= 0.3 is 10.2 Å². The minimum atomic E-state index is -3.87. The second-order valence-corrected chi connectivity index (χ2v) is 11.3. The Morgan fingerprint density at radius 2 is 1.69 bits per heavy atom. The van der Waals surface area contributed by atoms with Crippen molar-refractivity contribution in [3.8, 4) is 0 Å². The molecule has 1 unspecified atom stereocenters. The van der Waals surface area contributed by atoms with Crippen LogP contribution in [-0.2, 0) is 23.2 Å². The van der Waals surface area contributed by atoms with E-state index in [0.29, 0.717) is 36.2 Å². The number of thioether (sulfide) groups is 1. The van der Waals surface area contributed by atoms with Crippen molar-refractivity contribution in [2.24, 2.45) is 9.50 Å². The maximum absolute atomic E-state index is 13.3. The van der Waals surface area contributed by atoms with Gasteiger partial charge in [0.15, 0.2) is 5.17 Å². The summed E-state index contributed by atoms with van der Waals surface area (Å²) in [4.78, 5) is 0. The van der Waals surface area contributed by atoms with Crippen LogP contribution in [-0.4, -0.2) is 48.0 Å². The molecule has 2 aliphatic heterocycles. The van der Waals surface area contributed by atoms with Crippen LogP contribution in [0.1, 0.15) is 28.2 Å².